The van der Waals surface area contributed by atoms with Crippen molar-refractivity contribution in [2.24, 2.45) is 0 Å². The molecule has 0 amide bonds. The van der Waals surface area contributed by atoms with Crippen LogP contribution in [0.4, 0.5) is 0 Å². The third-order valence-electron chi connectivity index (χ3n) is 3.59. The van der Waals surface area contributed by atoms with Gasteiger partial charge in [-0.15, -0.1) is 0 Å². The molecular formula is C15H16O. The standard InChI is InChI=1S/C15H16O/c1-10-4-5-12-13-9-15(3,7-6-11(13)2)16-14(12)8-10/h4-8,13H,2,9H2,1,3H3. The number of benzene rings is 1. The quantitative estimate of drug-likeness (QED) is 0.636. The molecule has 1 nitrogen and oxygen atoms in total. The number of hydrogen-bond acceptors (Lipinski definition) is 1. The van der Waals surface area contributed by atoms with Gasteiger partial charge in [-0.05, 0) is 37.1 Å². The number of fused-ring (bicyclic) bond motifs is 4. The average molecular weight is 212 g/mol. The fourth-order valence-corrected chi connectivity index (χ4v) is 2.66. The second-order valence-corrected chi connectivity index (χ2v) is 5.12. The molecule has 1 heteroatoms. The number of hydrogen-bond donors (Lipinski definition) is 0. The molecule has 0 N–H and O–H groups in total. The summed E-state index contributed by atoms with van der Waals surface area (Å²) in [6.07, 6.45) is 5.26. The van der Waals surface area contributed by atoms with E-state index in [9.17, 15) is 0 Å². The Bertz CT molecular complexity index is 498. The lowest BCUT2D eigenvalue weighted by Gasteiger charge is -2.41. The van der Waals surface area contributed by atoms with Gasteiger partial charge >= 0.3 is 0 Å². The van der Waals surface area contributed by atoms with Crippen molar-refractivity contribution in [3.8, 4) is 5.75 Å². The Morgan fingerprint density at radius 3 is 3.06 bits per heavy atom. The van der Waals surface area contributed by atoms with Crippen molar-refractivity contribution < 1.29 is 4.74 Å². The highest BCUT2D eigenvalue weighted by atomic mass is 16.5. The monoisotopic (exact) mass is 212 g/mol. The van der Waals surface area contributed by atoms with Gasteiger partial charge in [-0.2, -0.15) is 0 Å². The van der Waals surface area contributed by atoms with Crippen LogP contribution >= 0.6 is 0 Å². The lowest BCUT2D eigenvalue weighted by molar-refractivity contribution is 0.102. The molecule has 0 radical (unpaired) electrons. The van der Waals surface area contributed by atoms with Crippen LogP contribution in [0.3, 0.4) is 0 Å². The highest BCUT2D eigenvalue weighted by molar-refractivity contribution is 5.50. The van der Waals surface area contributed by atoms with Gasteiger partial charge in [0.05, 0.1) is 0 Å². The minimum atomic E-state index is -0.146. The molecule has 3 rings (SSSR count). The maximum atomic E-state index is 6.09. The van der Waals surface area contributed by atoms with Crippen LogP contribution in [-0.2, 0) is 0 Å². The van der Waals surface area contributed by atoms with Crippen molar-refractivity contribution in [2.45, 2.75) is 31.8 Å². The van der Waals surface area contributed by atoms with Crippen molar-refractivity contribution in [3.63, 3.8) is 0 Å². The van der Waals surface area contributed by atoms with E-state index in [-0.39, 0.29) is 5.60 Å². The molecule has 0 fully saturated rings. The summed E-state index contributed by atoms with van der Waals surface area (Å²) < 4.78 is 6.09. The van der Waals surface area contributed by atoms with Crippen LogP contribution in [0, 0.1) is 6.92 Å². The molecule has 2 unspecified atom stereocenters. The van der Waals surface area contributed by atoms with Gasteiger partial charge in [-0.25, -0.2) is 0 Å². The minimum Gasteiger partial charge on any atom is -0.483 e. The fraction of sp³-hybridized carbons (Fsp3) is 0.333. The van der Waals surface area contributed by atoms with E-state index in [1.165, 1.54) is 16.7 Å². The Kier molecular flexibility index (Phi) is 1.82. The Morgan fingerprint density at radius 1 is 1.44 bits per heavy atom. The maximum absolute atomic E-state index is 6.09. The topological polar surface area (TPSA) is 9.23 Å². The lowest BCUT2D eigenvalue weighted by Crippen LogP contribution is -2.38. The first-order valence-corrected chi connectivity index (χ1v) is 5.75. The highest BCUT2D eigenvalue weighted by Crippen LogP contribution is 2.47. The maximum Gasteiger partial charge on any atom is 0.126 e. The molecule has 0 aromatic heterocycles. The van der Waals surface area contributed by atoms with Crippen LogP contribution in [0.2, 0.25) is 0 Å². The third-order valence-corrected chi connectivity index (χ3v) is 3.59. The smallest absolute Gasteiger partial charge is 0.126 e. The Morgan fingerprint density at radius 2 is 2.25 bits per heavy atom. The van der Waals surface area contributed by atoms with Crippen LogP contribution in [0.5, 0.6) is 5.75 Å². The molecule has 2 bridgehead atoms. The van der Waals surface area contributed by atoms with E-state index in [0.29, 0.717) is 5.92 Å². The summed E-state index contributed by atoms with van der Waals surface area (Å²) in [6.45, 7) is 8.39. The van der Waals surface area contributed by atoms with Gasteiger partial charge in [0.25, 0.3) is 0 Å². The summed E-state index contributed by atoms with van der Waals surface area (Å²) in [5.74, 6) is 1.46. The first-order valence-electron chi connectivity index (χ1n) is 5.75. The Hall–Kier alpha value is -1.50. The van der Waals surface area contributed by atoms with Gasteiger partial charge in [-0.3, -0.25) is 0 Å². The van der Waals surface area contributed by atoms with Gasteiger partial charge in [0.1, 0.15) is 11.4 Å². The predicted octanol–water partition coefficient (Wildman–Crippen LogP) is 3.75. The molecule has 2 aliphatic rings. The number of aryl methyl sites for hydroxylation is 1. The van der Waals surface area contributed by atoms with E-state index >= 15 is 0 Å². The van der Waals surface area contributed by atoms with Crippen LogP contribution in [-0.4, -0.2) is 5.60 Å². The summed E-state index contributed by atoms with van der Waals surface area (Å²) >= 11 is 0. The molecule has 0 spiro atoms. The first kappa shape index (κ1) is 9.71. The van der Waals surface area contributed by atoms with Crippen molar-refractivity contribution in [1.29, 1.82) is 0 Å². The van der Waals surface area contributed by atoms with Gasteiger partial charge in [0.15, 0.2) is 0 Å². The zero-order valence-corrected chi connectivity index (χ0v) is 9.79. The van der Waals surface area contributed by atoms with Crippen LogP contribution in [0.25, 0.3) is 0 Å². The van der Waals surface area contributed by atoms with Crippen molar-refractivity contribution in [1.82, 2.24) is 0 Å². The van der Waals surface area contributed by atoms with Gasteiger partial charge in [-0.1, -0.05) is 24.8 Å². The SMILES string of the molecule is C=C1C=CC2(C)CC1c1ccc(C)cc1O2. The van der Waals surface area contributed by atoms with Gasteiger partial charge < -0.3 is 4.74 Å². The first-order chi connectivity index (χ1) is 7.57. The van der Waals surface area contributed by atoms with Crippen LogP contribution in [0.1, 0.15) is 30.4 Å². The van der Waals surface area contributed by atoms with Gasteiger partial charge in [0.2, 0.25) is 0 Å². The van der Waals surface area contributed by atoms with Crippen LogP contribution in [0.15, 0.2) is 42.5 Å². The largest absolute Gasteiger partial charge is 0.483 e. The molecule has 82 valence electrons. The second-order valence-electron chi connectivity index (χ2n) is 5.12. The second kappa shape index (κ2) is 3.00. The summed E-state index contributed by atoms with van der Waals surface area (Å²) in [5.41, 5.74) is 3.59. The number of rotatable bonds is 0. The molecule has 2 atom stereocenters. The van der Waals surface area contributed by atoms with E-state index in [4.69, 9.17) is 4.74 Å². The molecule has 0 saturated heterocycles. The van der Waals surface area contributed by atoms with Crippen molar-refractivity contribution in [3.05, 3.63) is 53.6 Å². The van der Waals surface area contributed by atoms with Crippen molar-refractivity contribution in [2.75, 3.05) is 0 Å². The molecule has 1 aromatic carbocycles. The number of allylic oxidation sites excluding steroid dienone is 2. The average Bonchev–Trinajstić information content (AvgIpc) is 2.23. The summed E-state index contributed by atoms with van der Waals surface area (Å²) in [5, 5.41) is 0. The molecule has 0 saturated carbocycles. The molecule has 1 aromatic rings. The van der Waals surface area contributed by atoms with E-state index in [1.807, 2.05) is 0 Å². The molecule has 1 heterocycles. The predicted molar refractivity (Wildman–Crippen MR) is 65.9 cm³/mol. The molecular weight excluding hydrogens is 196 g/mol. The van der Waals surface area contributed by atoms with E-state index in [0.717, 1.165) is 12.2 Å². The third kappa shape index (κ3) is 1.31. The zero-order chi connectivity index (χ0) is 11.3. The number of ether oxygens (including phenoxy) is 1. The summed E-state index contributed by atoms with van der Waals surface area (Å²) in [7, 11) is 0. The summed E-state index contributed by atoms with van der Waals surface area (Å²) in [4.78, 5) is 0. The normalized spacial score (nSPS) is 30.9. The van der Waals surface area contributed by atoms with Crippen molar-refractivity contribution >= 4 is 0 Å². The van der Waals surface area contributed by atoms with Gasteiger partial charge in [0, 0.05) is 17.9 Å². The Balaban J connectivity index is 2.18. The minimum absolute atomic E-state index is 0.146. The summed E-state index contributed by atoms with van der Waals surface area (Å²) in [6, 6.07) is 6.46. The van der Waals surface area contributed by atoms with E-state index in [2.05, 4.69) is 50.8 Å². The highest BCUT2D eigenvalue weighted by Gasteiger charge is 2.38. The molecule has 1 aliphatic carbocycles. The van der Waals surface area contributed by atoms with E-state index in [1.54, 1.807) is 0 Å². The Labute approximate surface area is 96.4 Å². The lowest BCUT2D eigenvalue weighted by atomic mass is 9.75. The fourth-order valence-electron chi connectivity index (χ4n) is 2.66. The molecule has 16 heavy (non-hydrogen) atoms. The zero-order valence-electron chi connectivity index (χ0n) is 9.79. The van der Waals surface area contributed by atoms with E-state index < -0.39 is 0 Å². The van der Waals surface area contributed by atoms with Crippen LogP contribution < -0.4 is 4.74 Å². The molecule has 1 aliphatic heterocycles.